The SMILES string of the molecule is COc1ccc(CCNC(=O)c2ccc(F)c(S)c2)cc1. The zero-order valence-corrected chi connectivity index (χ0v) is 12.5. The molecule has 2 aromatic carbocycles. The molecule has 1 amide bonds. The van der Waals surface area contributed by atoms with E-state index in [0.29, 0.717) is 18.5 Å². The van der Waals surface area contributed by atoms with Crippen molar-refractivity contribution < 1.29 is 13.9 Å². The van der Waals surface area contributed by atoms with Crippen LogP contribution in [0, 0.1) is 5.82 Å². The Balaban J connectivity index is 1.87. The first kappa shape index (κ1) is 15.4. The molecule has 0 heterocycles. The van der Waals surface area contributed by atoms with Gasteiger partial charge in [-0.15, -0.1) is 12.6 Å². The maximum atomic E-state index is 13.1. The van der Waals surface area contributed by atoms with Gasteiger partial charge in [0, 0.05) is 17.0 Å². The average Bonchev–Trinajstić information content (AvgIpc) is 2.50. The Hall–Kier alpha value is -2.01. The molecule has 21 heavy (non-hydrogen) atoms. The topological polar surface area (TPSA) is 38.3 Å². The lowest BCUT2D eigenvalue weighted by Gasteiger charge is -2.07. The fraction of sp³-hybridized carbons (Fsp3) is 0.188. The van der Waals surface area contributed by atoms with Crippen LogP contribution in [0.5, 0.6) is 5.75 Å². The number of halogens is 1. The van der Waals surface area contributed by atoms with Crippen molar-refractivity contribution in [1.82, 2.24) is 5.32 Å². The first-order valence-corrected chi connectivity index (χ1v) is 6.94. The van der Waals surface area contributed by atoms with Crippen LogP contribution in [-0.4, -0.2) is 19.6 Å². The van der Waals surface area contributed by atoms with Crippen LogP contribution < -0.4 is 10.1 Å². The molecule has 0 radical (unpaired) electrons. The number of hydrogen-bond acceptors (Lipinski definition) is 3. The highest BCUT2D eigenvalue weighted by Crippen LogP contribution is 2.14. The minimum absolute atomic E-state index is 0.165. The largest absolute Gasteiger partial charge is 0.497 e. The zero-order chi connectivity index (χ0) is 15.2. The number of carbonyl (C=O) groups is 1. The minimum atomic E-state index is -0.437. The van der Waals surface area contributed by atoms with E-state index in [2.05, 4.69) is 17.9 Å². The van der Waals surface area contributed by atoms with Gasteiger partial charge in [-0.3, -0.25) is 4.79 Å². The molecule has 0 saturated carbocycles. The summed E-state index contributed by atoms with van der Waals surface area (Å²) in [5.41, 5.74) is 1.50. The number of amides is 1. The molecule has 1 N–H and O–H groups in total. The highest BCUT2D eigenvalue weighted by atomic mass is 32.1. The highest BCUT2D eigenvalue weighted by Gasteiger charge is 2.07. The predicted octanol–water partition coefficient (Wildman–Crippen LogP) is 3.10. The van der Waals surface area contributed by atoms with Crippen LogP contribution in [0.2, 0.25) is 0 Å². The minimum Gasteiger partial charge on any atom is -0.497 e. The third kappa shape index (κ3) is 4.23. The maximum absolute atomic E-state index is 13.1. The molecular formula is C16H16FNO2S. The second-order valence-electron chi connectivity index (χ2n) is 4.52. The lowest BCUT2D eigenvalue weighted by atomic mass is 10.1. The molecule has 0 unspecified atom stereocenters. The number of benzene rings is 2. The van der Waals surface area contributed by atoms with Crippen molar-refractivity contribution in [3.63, 3.8) is 0 Å². The van der Waals surface area contributed by atoms with E-state index in [0.717, 1.165) is 11.3 Å². The normalized spacial score (nSPS) is 10.2. The van der Waals surface area contributed by atoms with Gasteiger partial charge in [0.25, 0.3) is 5.91 Å². The van der Waals surface area contributed by atoms with E-state index in [4.69, 9.17) is 4.74 Å². The van der Waals surface area contributed by atoms with Crippen LogP contribution in [0.4, 0.5) is 4.39 Å². The summed E-state index contributed by atoms with van der Waals surface area (Å²) in [6.07, 6.45) is 0.713. The summed E-state index contributed by atoms with van der Waals surface area (Å²) in [6, 6.07) is 11.8. The van der Waals surface area contributed by atoms with E-state index in [1.807, 2.05) is 24.3 Å². The quantitative estimate of drug-likeness (QED) is 0.833. The van der Waals surface area contributed by atoms with E-state index in [1.165, 1.54) is 18.2 Å². The van der Waals surface area contributed by atoms with Gasteiger partial charge < -0.3 is 10.1 Å². The van der Waals surface area contributed by atoms with E-state index in [-0.39, 0.29) is 10.8 Å². The molecule has 2 aromatic rings. The van der Waals surface area contributed by atoms with E-state index in [9.17, 15) is 9.18 Å². The summed E-state index contributed by atoms with van der Waals surface area (Å²) in [7, 11) is 1.62. The van der Waals surface area contributed by atoms with Gasteiger partial charge in [-0.1, -0.05) is 12.1 Å². The Morgan fingerprint density at radius 2 is 1.95 bits per heavy atom. The van der Waals surface area contributed by atoms with Crippen LogP contribution in [0.15, 0.2) is 47.4 Å². The van der Waals surface area contributed by atoms with Crippen molar-refractivity contribution in [2.45, 2.75) is 11.3 Å². The van der Waals surface area contributed by atoms with Crippen molar-refractivity contribution in [2.75, 3.05) is 13.7 Å². The highest BCUT2D eigenvalue weighted by molar-refractivity contribution is 7.80. The Labute approximate surface area is 128 Å². The molecule has 0 saturated heterocycles. The molecule has 0 spiro atoms. The van der Waals surface area contributed by atoms with Gasteiger partial charge >= 0.3 is 0 Å². The zero-order valence-electron chi connectivity index (χ0n) is 11.6. The fourth-order valence-corrected chi connectivity index (χ4v) is 2.08. The molecule has 0 atom stereocenters. The monoisotopic (exact) mass is 305 g/mol. The summed E-state index contributed by atoms with van der Waals surface area (Å²) in [5.74, 6) is 0.127. The lowest BCUT2D eigenvalue weighted by Crippen LogP contribution is -2.25. The fourth-order valence-electron chi connectivity index (χ4n) is 1.87. The predicted molar refractivity (Wildman–Crippen MR) is 82.7 cm³/mol. The molecular weight excluding hydrogens is 289 g/mol. The smallest absolute Gasteiger partial charge is 0.251 e. The number of rotatable bonds is 5. The van der Waals surface area contributed by atoms with Crippen LogP contribution in [0.1, 0.15) is 15.9 Å². The molecule has 2 rings (SSSR count). The first-order chi connectivity index (χ1) is 10.1. The van der Waals surface area contributed by atoms with Gasteiger partial charge in [-0.25, -0.2) is 4.39 Å². The van der Waals surface area contributed by atoms with Crippen molar-refractivity contribution in [3.05, 3.63) is 59.4 Å². The summed E-state index contributed by atoms with van der Waals surface area (Å²) in [5, 5.41) is 2.80. The van der Waals surface area contributed by atoms with Gasteiger partial charge in [0.2, 0.25) is 0 Å². The number of carbonyl (C=O) groups excluding carboxylic acids is 1. The Kier molecular flexibility index (Phi) is 5.22. The number of nitrogens with one attached hydrogen (secondary N) is 1. The molecule has 5 heteroatoms. The maximum Gasteiger partial charge on any atom is 0.251 e. The Morgan fingerprint density at radius 1 is 1.24 bits per heavy atom. The third-order valence-electron chi connectivity index (χ3n) is 3.07. The molecule has 110 valence electrons. The van der Waals surface area contributed by atoms with E-state index >= 15 is 0 Å². The van der Waals surface area contributed by atoms with Gasteiger partial charge in [0.1, 0.15) is 11.6 Å². The van der Waals surface area contributed by atoms with E-state index in [1.54, 1.807) is 7.11 Å². The van der Waals surface area contributed by atoms with Crippen LogP contribution >= 0.6 is 12.6 Å². The van der Waals surface area contributed by atoms with Gasteiger partial charge in [-0.05, 0) is 42.3 Å². The number of ether oxygens (including phenoxy) is 1. The number of hydrogen-bond donors (Lipinski definition) is 2. The second kappa shape index (κ2) is 7.13. The van der Waals surface area contributed by atoms with Gasteiger partial charge in [-0.2, -0.15) is 0 Å². The molecule has 0 bridgehead atoms. The second-order valence-corrected chi connectivity index (χ2v) is 5.00. The van der Waals surface area contributed by atoms with Crippen LogP contribution in [0.3, 0.4) is 0 Å². The van der Waals surface area contributed by atoms with Crippen LogP contribution in [-0.2, 0) is 6.42 Å². The summed E-state index contributed by atoms with van der Waals surface area (Å²) in [6.45, 7) is 0.504. The molecule has 0 aromatic heterocycles. The molecule has 0 aliphatic heterocycles. The van der Waals surface area contributed by atoms with Crippen molar-refractivity contribution in [2.24, 2.45) is 0 Å². The van der Waals surface area contributed by atoms with Crippen molar-refractivity contribution >= 4 is 18.5 Å². The van der Waals surface area contributed by atoms with Crippen LogP contribution in [0.25, 0.3) is 0 Å². The van der Waals surface area contributed by atoms with Gasteiger partial charge in [0.15, 0.2) is 0 Å². The summed E-state index contributed by atoms with van der Waals surface area (Å²) < 4.78 is 18.2. The number of thiol groups is 1. The number of methoxy groups -OCH3 is 1. The van der Waals surface area contributed by atoms with Gasteiger partial charge in [0.05, 0.1) is 7.11 Å². The molecule has 3 nitrogen and oxygen atoms in total. The summed E-state index contributed by atoms with van der Waals surface area (Å²) >= 11 is 3.96. The summed E-state index contributed by atoms with van der Waals surface area (Å²) in [4.78, 5) is 12.1. The standard InChI is InChI=1S/C16H16FNO2S/c1-20-13-5-2-11(3-6-13)8-9-18-16(19)12-4-7-14(17)15(21)10-12/h2-7,10,21H,8-9H2,1H3,(H,18,19). The van der Waals surface area contributed by atoms with Crippen molar-refractivity contribution in [3.8, 4) is 5.75 Å². The average molecular weight is 305 g/mol. The molecule has 0 fully saturated rings. The third-order valence-corrected chi connectivity index (χ3v) is 3.41. The van der Waals surface area contributed by atoms with Crippen molar-refractivity contribution in [1.29, 1.82) is 0 Å². The molecule has 0 aliphatic carbocycles. The Bertz CT molecular complexity index is 629. The van der Waals surface area contributed by atoms with E-state index < -0.39 is 5.82 Å². The molecule has 0 aliphatic rings. The lowest BCUT2D eigenvalue weighted by molar-refractivity contribution is 0.0954. The Morgan fingerprint density at radius 3 is 2.57 bits per heavy atom. The first-order valence-electron chi connectivity index (χ1n) is 6.50.